The number of carbonyl (C=O) groups excluding carboxylic acids is 1. The highest BCUT2D eigenvalue weighted by Gasteiger charge is 2.26. The van der Waals surface area contributed by atoms with E-state index in [9.17, 15) is 9.90 Å². The number of aromatic hydroxyl groups is 1. The number of halogens is 2. The van der Waals surface area contributed by atoms with Crippen LogP contribution in [0.1, 0.15) is 32.9 Å². The second kappa shape index (κ2) is 6.05. The van der Waals surface area contributed by atoms with Crippen molar-refractivity contribution in [3.05, 3.63) is 27.9 Å². The third-order valence-electron chi connectivity index (χ3n) is 4.01. The van der Waals surface area contributed by atoms with E-state index in [1.807, 2.05) is 31.4 Å². The predicted octanol–water partition coefficient (Wildman–Crippen LogP) is 4.49. The minimum Gasteiger partial charge on any atom is -0.507 e. The molecule has 0 aliphatic carbocycles. The number of nitrogens with zero attached hydrogens (tertiary/aromatic N) is 1. The molecule has 1 aliphatic rings. The maximum Gasteiger partial charge on any atom is 0.407 e. The van der Waals surface area contributed by atoms with E-state index < -0.39 is 11.7 Å². The molecule has 0 fully saturated rings. The van der Waals surface area contributed by atoms with Crippen molar-refractivity contribution in [1.29, 1.82) is 0 Å². The number of hydrogen-bond acceptors (Lipinski definition) is 3. The number of ether oxygens (including phenoxy) is 1. The molecule has 0 saturated carbocycles. The molecule has 0 radical (unpaired) electrons. The molecule has 24 heavy (non-hydrogen) atoms. The Morgan fingerprint density at radius 1 is 1.38 bits per heavy atom. The fourth-order valence-corrected chi connectivity index (χ4v) is 3.50. The fraction of sp³-hybridized carbons (Fsp3) is 0.471. The average molecular weight is 371 g/mol. The summed E-state index contributed by atoms with van der Waals surface area (Å²) in [7, 11) is 0. The van der Waals surface area contributed by atoms with Crippen LogP contribution in [0.4, 0.5) is 4.79 Å². The number of phenolic OH excluding ortho intramolecular Hbond substituents is 1. The summed E-state index contributed by atoms with van der Waals surface area (Å²) in [6.07, 6.45) is 1.13. The molecule has 1 unspecified atom stereocenters. The number of aromatic nitrogens is 1. The Hall–Kier alpha value is -1.59. The summed E-state index contributed by atoms with van der Waals surface area (Å²) in [6.45, 7) is 6.04. The minimum absolute atomic E-state index is 0.0693. The third kappa shape index (κ3) is 3.28. The molecule has 1 aromatic heterocycles. The smallest absolute Gasteiger partial charge is 0.407 e. The van der Waals surface area contributed by atoms with E-state index in [1.165, 1.54) is 6.07 Å². The number of amides is 1. The molecule has 1 amide bonds. The molecule has 2 heterocycles. The highest BCUT2D eigenvalue weighted by atomic mass is 35.5. The number of rotatable bonds is 1. The number of phenols is 1. The van der Waals surface area contributed by atoms with Gasteiger partial charge >= 0.3 is 6.09 Å². The predicted molar refractivity (Wildman–Crippen MR) is 95.1 cm³/mol. The van der Waals surface area contributed by atoms with Gasteiger partial charge in [0.2, 0.25) is 0 Å². The molecule has 3 rings (SSSR count). The van der Waals surface area contributed by atoms with Crippen molar-refractivity contribution in [1.82, 2.24) is 9.88 Å². The molecular weight excluding hydrogens is 351 g/mol. The zero-order chi connectivity index (χ0) is 17.6. The number of alkyl carbamates (subject to hydrolysis) is 1. The van der Waals surface area contributed by atoms with Crippen molar-refractivity contribution >= 4 is 40.2 Å². The normalized spacial score (nSPS) is 17.6. The minimum atomic E-state index is -0.535. The van der Waals surface area contributed by atoms with E-state index in [4.69, 9.17) is 27.9 Å². The first-order valence-corrected chi connectivity index (χ1v) is 8.60. The number of fused-ring (bicyclic) bond motifs is 3. The molecule has 1 atom stereocenters. The van der Waals surface area contributed by atoms with Crippen LogP contribution >= 0.6 is 23.2 Å². The summed E-state index contributed by atoms with van der Waals surface area (Å²) < 4.78 is 7.32. The summed E-state index contributed by atoms with van der Waals surface area (Å²) in [5, 5.41) is 14.4. The monoisotopic (exact) mass is 370 g/mol. The molecule has 0 saturated heterocycles. The van der Waals surface area contributed by atoms with Gasteiger partial charge in [0.1, 0.15) is 11.4 Å². The van der Waals surface area contributed by atoms with Gasteiger partial charge in [-0.25, -0.2) is 4.79 Å². The highest BCUT2D eigenvalue weighted by molar-refractivity contribution is 6.45. The van der Waals surface area contributed by atoms with Gasteiger partial charge in [0.25, 0.3) is 0 Å². The van der Waals surface area contributed by atoms with Gasteiger partial charge in [0.15, 0.2) is 0 Å². The Bertz CT molecular complexity index is 808. The lowest BCUT2D eigenvalue weighted by Crippen LogP contribution is -2.43. The second-order valence-electron chi connectivity index (χ2n) is 7.08. The first-order valence-electron chi connectivity index (χ1n) is 7.84. The molecule has 1 aromatic carbocycles. The number of nitrogens with one attached hydrogen (secondary N) is 1. The molecule has 0 bridgehead atoms. The van der Waals surface area contributed by atoms with Crippen LogP contribution in [0.15, 0.2) is 12.1 Å². The van der Waals surface area contributed by atoms with Crippen LogP contribution in [0, 0.1) is 0 Å². The topological polar surface area (TPSA) is 63.5 Å². The zero-order valence-corrected chi connectivity index (χ0v) is 15.3. The van der Waals surface area contributed by atoms with Crippen molar-refractivity contribution < 1.29 is 14.6 Å². The van der Waals surface area contributed by atoms with Gasteiger partial charge in [-0.15, -0.1) is 0 Å². The largest absolute Gasteiger partial charge is 0.507 e. The maximum absolute atomic E-state index is 12.0. The van der Waals surface area contributed by atoms with E-state index in [0.29, 0.717) is 27.5 Å². The SMILES string of the molecule is CC(C)(C)OC(=O)NC1CCc2cc3c(O)cc(Cl)c(Cl)c3n2C1. The Labute approximate surface area is 150 Å². The molecule has 130 valence electrons. The van der Waals surface area contributed by atoms with Crippen molar-refractivity contribution in [2.45, 2.75) is 51.8 Å². The Balaban J connectivity index is 1.88. The van der Waals surface area contributed by atoms with Crippen LogP contribution in [0.3, 0.4) is 0 Å². The molecule has 2 N–H and O–H groups in total. The van der Waals surface area contributed by atoms with E-state index >= 15 is 0 Å². The van der Waals surface area contributed by atoms with Crippen molar-refractivity contribution in [2.24, 2.45) is 0 Å². The first-order chi connectivity index (χ1) is 11.2. The van der Waals surface area contributed by atoms with Crippen molar-refractivity contribution in [3.8, 4) is 5.75 Å². The number of benzene rings is 1. The number of hydrogen-bond donors (Lipinski definition) is 2. The number of carbonyl (C=O) groups is 1. The molecular formula is C17H20Cl2N2O3. The molecule has 1 aliphatic heterocycles. The molecule has 7 heteroatoms. The molecule has 2 aromatic rings. The highest BCUT2D eigenvalue weighted by Crippen LogP contribution is 2.40. The third-order valence-corrected chi connectivity index (χ3v) is 4.79. The number of aryl methyl sites for hydroxylation is 1. The van der Waals surface area contributed by atoms with Crippen LogP contribution in [-0.4, -0.2) is 27.4 Å². The van der Waals surface area contributed by atoms with Gasteiger partial charge in [-0.1, -0.05) is 23.2 Å². The van der Waals surface area contributed by atoms with E-state index in [2.05, 4.69) is 5.32 Å². The quantitative estimate of drug-likeness (QED) is 0.776. The lowest BCUT2D eigenvalue weighted by atomic mass is 10.1. The van der Waals surface area contributed by atoms with E-state index in [0.717, 1.165) is 18.5 Å². The standard InChI is InChI=1S/C17H20Cl2N2O3/c1-17(2,3)24-16(23)20-9-4-5-10-6-11-13(22)7-12(18)14(19)15(11)21(10)8-9/h6-7,9,22H,4-5,8H2,1-3H3,(H,20,23). The van der Waals surface area contributed by atoms with Gasteiger partial charge in [0.05, 0.1) is 21.6 Å². The Kier molecular flexibility index (Phi) is 4.34. The van der Waals surface area contributed by atoms with E-state index in [1.54, 1.807) is 0 Å². The maximum atomic E-state index is 12.0. The average Bonchev–Trinajstić information content (AvgIpc) is 2.82. The fourth-order valence-electron chi connectivity index (χ4n) is 3.05. The van der Waals surface area contributed by atoms with Gasteiger partial charge in [0, 0.05) is 23.7 Å². The molecule has 0 spiro atoms. The van der Waals surface area contributed by atoms with E-state index in [-0.39, 0.29) is 11.8 Å². The summed E-state index contributed by atoms with van der Waals surface area (Å²) in [5.74, 6) is 0.109. The molecule has 5 nitrogen and oxygen atoms in total. The van der Waals surface area contributed by atoms with Crippen LogP contribution in [0.5, 0.6) is 5.75 Å². The summed E-state index contributed by atoms with van der Waals surface area (Å²) in [5.41, 5.74) is 1.23. The summed E-state index contributed by atoms with van der Waals surface area (Å²) in [6, 6.07) is 3.31. The van der Waals surface area contributed by atoms with Crippen LogP contribution in [0.2, 0.25) is 10.0 Å². The summed E-state index contributed by atoms with van der Waals surface area (Å²) in [4.78, 5) is 12.0. The second-order valence-corrected chi connectivity index (χ2v) is 7.87. The van der Waals surface area contributed by atoms with Gasteiger partial charge < -0.3 is 19.7 Å². The van der Waals surface area contributed by atoms with Gasteiger partial charge in [-0.3, -0.25) is 0 Å². The van der Waals surface area contributed by atoms with Crippen LogP contribution in [-0.2, 0) is 17.7 Å². The zero-order valence-electron chi connectivity index (χ0n) is 13.8. The van der Waals surface area contributed by atoms with Crippen LogP contribution in [0.25, 0.3) is 10.9 Å². The first kappa shape index (κ1) is 17.2. The van der Waals surface area contributed by atoms with Gasteiger partial charge in [-0.2, -0.15) is 0 Å². The lowest BCUT2D eigenvalue weighted by molar-refractivity contribution is 0.0493. The van der Waals surface area contributed by atoms with Crippen molar-refractivity contribution in [3.63, 3.8) is 0 Å². The lowest BCUT2D eigenvalue weighted by Gasteiger charge is -2.28. The Morgan fingerprint density at radius 2 is 2.08 bits per heavy atom. The van der Waals surface area contributed by atoms with Gasteiger partial charge in [-0.05, 0) is 39.7 Å². The Morgan fingerprint density at radius 3 is 2.75 bits per heavy atom. The summed E-state index contributed by atoms with van der Waals surface area (Å²) >= 11 is 12.4. The van der Waals surface area contributed by atoms with Crippen molar-refractivity contribution in [2.75, 3.05) is 0 Å². The van der Waals surface area contributed by atoms with Crippen LogP contribution < -0.4 is 5.32 Å².